The molecule has 1 aromatic rings. The number of furan rings is 1. The van der Waals surface area contributed by atoms with Gasteiger partial charge in [-0.3, -0.25) is 9.69 Å². The molecule has 1 fully saturated rings. The Balaban J connectivity index is 2.02. The van der Waals surface area contributed by atoms with Crippen LogP contribution in [0.1, 0.15) is 31.7 Å². The van der Waals surface area contributed by atoms with Gasteiger partial charge >= 0.3 is 5.97 Å². The Kier molecular flexibility index (Phi) is 4.27. The van der Waals surface area contributed by atoms with Crippen LogP contribution in [0, 0.1) is 5.41 Å². The number of piperidine rings is 1. The summed E-state index contributed by atoms with van der Waals surface area (Å²) in [6.07, 6.45) is 4.28. The van der Waals surface area contributed by atoms with Crippen LogP contribution in [0.3, 0.4) is 0 Å². The lowest BCUT2D eigenvalue weighted by Gasteiger charge is -2.42. The first-order chi connectivity index (χ1) is 9.08. The molecule has 2 heterocycles. The number of aliphatic hydroxyl groups is 1. The Morgan fingerprint density at radius 2 is 2.42 bits per heavy atom. The van der Waals surface area contributed by atoms with E-state index in [-0.39, 0.29) is 0 Å². The molecule has 0 aromatic carbocycles. The van der Waals surface area contributed by atoms with Gasteiger partial charge in [-0.25, -0.2) is 0 Å². The molecular weight excluding hydrogens is 246 g/mol. The fourth-order valence-corrected chi connectivity index (χ4v) is 2.91. The van der Waals surface area contributed by atoms with Crippen molar-refractivity contribution in [2.75, 3.05) is 13.1 Å². The molecule has 1 saturated heterocycles. The second-order valence-corrected chi connectivity index (χ2v) is 5.34. The van der Waals surface area contributed by atoms with Gasteiger partial charge < -0.3 is 14.6 Å². The van der Waals surface area contributed by atoms with Crippen LogP contribution >= 0.6 is 0 Å². The molecule has 19 heavy (non-hydrogen) atoms. The van der Waals surface area contributed by atoms with E-state index in [0.29, 0.717) is 32.5 Å². The molecule has 2 N–H and O–H groups in total. The molecule has 0 saturated carbocycles. The van der Waals surface area contributed by atoms with Crippen LogP contribution < -0.4 is 0 Å². The van der Waals surface area contributed by atoms with E-state index in [0.717, 1.165) is 12.0 Å². The first kappa shape index (κ1) is 14.1. The molecule has 0 radical (unpaired) electrons. The fourth-order valence-electron chi connectivity index (χ4n) is 2.91. The molecule has 106 valence electrons. The van der Waals surface area contributed by atoms with E-state index < -0.39 is 17.5 Å². The van der Waals surface area contributed by atoms with Crippen LogP contribution in [0.5, 0.6) is 0 Å². The maximum Gasteiger partial charge on any atom is 0.312 e. The molecule has 5 heteroatoms. The van der Waals surface area contributed by atoms with Crippen LogP contribution in [0.2, 0.25) is 0 Å². The minimum Gasteiger partial charge on any atom is -0.481 e. The van der Waals surface area contributed by atoms with Gasteiger partial charge in [0.1, 0.15) is 0 Å². The summed E-state index contributed by atoms with van der Waals surface area (Å²) in [5.74, 6) is -0.871. The average molecular weight is 267 g/mol. The molecule has 0 amide bonds. The predicted molar refractivity (Wildman–Crippen MR) is 69.6 cm³/mol. The van der Waals surface area contributed by atoms with E-state index >= 15 is 0 Å². The van der Waals surface area contributed by atoms with E-state index in [2.05, 4.69) is 4.90 Å². The number of hydrogen-bond donors (Lipinski definition) is 2. The molecule has 5 nitrogen and oxygen atoms in total. The van der Waals surface area contributed by atoms with Crippen molar-refractivity contribution in [3.8, 4) is 0 Å². The summed E-state index contributed by atoms with van der Waals surface area (Å²) in [5.41, 5.74) is 0.0762. The second kappa shape index (κ2) is 5.75. The third-order valence-corrected chi connectivity index (χ3v) is 4.05. The van der Waals surface area contributed by atoms with Gasteiger partial charge in [-0.15, -0.1) is 0 Å². The third-order valence-electron chi connectivity index (χ3n) is 4.05. The average Bonchev–Trinajstić information content (AvgIpc) is 2.85. The van der Waals surface area contributed by atoms with Gasteiger partial charge in [-0.2, -0.15) is 0 Å². The highest BCUT2D eigenvalue weighted by molar-refractivity contribution is 5.75. The summed E-state index contributed by atoms with van der Waals surface area (Å²) in [5, 5.41) is 19.7. The van der Waals surface area contributed by atoms with Crippen LogP contribution in [0.4, 0.5) is 0 Å². The molecule has 0 bridgehead atoms. The Labute approximate surface area is 112 Å². The maximum absolute atomic E-state index is 11.5. The highest BCUT2D eigenvalue weighted by atomic mass is 16.4. The summed E-state index contributed by atoms with van der Waals surface area (Å²) < 4.78 is 5.02. The highest BCUT2D eigenvalue weighted by Gasteiger charge is 2.47. The number of aliphatic carboxylic acids is 1. The summed E-state index contributed by atoms with van der Waals surface area (Å²) in [7, 11) is 0. The number of nitrogens with zero attached hydrogens (tertiary/aromatic N) is 1. The lowest BCUT2D eigenvalue weighted by atomic mass is 9.73. The number of rotatable bonds is 5. The second-order valence-electron chi connectivity index (χ2n) is 5.34. The topological polar surface area (TPSA) is 73.9 Å². The van der Waals surface area contributed by atoms with Gasteiger partial charge in [0.25, 0.3) is 0 Å². The number of aliphatic hydroxyl groups excluding tert-OH is 1. The van der Waals surface area contributed by atoms with Gasteiger partial charge in [0.2, 0.25) is 0 Å². The maximum atomic E-state index is 11.5. The SMILES string of the molecule is CCC[C@]1(C(=O)O)CCN(Cc2ccoc2)C[C@H]1O. The lowest BCUT2D eigenvalue weighted by Crippen LogP contribution is -2.54. The smallest absolute Gasteiger partial charge is 0.312 e. The van der Waals surface area contributed by atoms with Gasteiger partial charge in [0.05, 0.1) is 24.0 Å². The molecule has 2 rings (SSSR count). The Morgan fingerprint density at radius 3 is 2.95 bits per heavy atom. The molecule has 2 atom stereocenters. The number of hydrogen-bond acceptors (Lipinski definition) is 4. The van der Waals surface area contributed by atoms with Crippen molar-refractivity contribution in [3.63, 3.8) is 0 Å². The molecule has 1 aliphatic heterocycles. The van der Waals surface area contributed by atoms with Gasteiger partial charge in [-0.05, 0) is 25.5 Å². The van der Waals surface area contributed by atoms with Crippen LogP contribution in [0.15, 0.2) is 23.0 Å². The molecule has 0 spiro atoms. The lowest BCUT2D eigenvalue weighted by molar-refractivity contribution is -0.164. The standard InChI is InChI=1S/C14H21NO4/c1-2-4-14(13(17)18)5-6-15(9-12(14)16)8-11-3-7-19-10-11/h3,7,10,12,16H,2,4-6,8-9H2,1H3,(H,17,18)/t12-,14+/m1/s1. The van der Waals surface area contributed by atoms with Crippen molar-refractivity contribution < 1.29 is 19.4 Å². The number of carbonyl (C=O) groups is 1. The van der Waals surface area contributed by atoms with E-state index in [1.165, 1.54) is 0 Å². The largest absolute Gasteiger partial charge is 0.481 e. The van der Waals surface area contributed by atoms with Gasteiger partial charge in [-0.1, -0.05) is 13.3 Å². The summed E-state index contributed by atoms with van der Waals surface area (Å²) in [6.45, 7) is 3.73. The van der Waals surface area contributed by atoms with Crippen molar-refractivity contribution in [1.29, 1.82) is 0 Å². The monoisotopic (exact) mass is 267 g/mol. The first-order valence-corrected chi connectivity index (χ1v) is 6.73. The minimum absolute atomic E-state index is 0.400. The summed E-state index contributed by atoms with van der Waals surface area (Å²) in [4.78, 5) is 13.6. The number of carboxylic acids is 1. The molecule has 0 aliphatic carbocycles. The number of carboxylic acid groups (broad SMARTS) is 1. The predicted octanol–water partition coefficient (Wildman–Crippen LogP) is 1.72. The Morgan fingerprint density at radius 1 is 1.63 bits per heavy atom. The van der Waals surface area contributed by atoms with Gasteiger partial charge in [0.15, 0.2) is 0 Å². The molecule has 1 aliphatic rings. The van der Waals surface area contributed by atoms with Crippen LogP contribution in [-0.2, 0) is 11.3 Å². The van der Waals surface area contributed by atoms with Gasteiger partial charge in [0, 0.05) is 18.7 Å². The van der Waals surface area contributed by atoms with Crippen LogP contribution in [-0.4, -0.2) is 40.3 Å². The van der Waals surface area contributed by atoms with E-state index in [9.17, 15) is 15.0 Å². The zero-order valence-electron chi connectivity index (χ0n) is 11.2. The zero-order valence-corrected chi connectivity index (χ0v) is 11.2. The normalized spacial score (nSPS) is 28.4. The van der Waals surface area contributed by atoms with Crippen molar-refractivity contribution in [1.82, 2.24) is 4.90 Å². The summed E-state index contributed by atoms with van der Waals surface area (Å²) in [6, 6.07) is 1.89. The van der Waals surface area contributed by atoms with Crippen molar-refractivity contribution >= 4 is 5.97 Å². The molecular formula is C14H21NO4. The first-order valence-electron chi connectivity index (χ1n) is 6.73. The highest BCUT2D eigenvalue weighted by Crippen LogP contribution is 2.37. The molecule has 1 aromatic heterocycles. The summed E-state index contributed by atoms with van der Waals surface area (Å²) >= 11 is 0. The Bertz CT molecular complexity index is 417. The third kappa shape index (κ3) is 2.82. The number of likely N-dealkylation sites (tertiary alicyclic amines) is 1. The Hall–Kier alpha value is -1.33. The number of β-amino-alcohol motifs (C(OH)–C–C–N with tert-alkyl or cyclic N) is 1. The van der Waals surface area contributed by atoms with E-state index in [4.69, 9.17) is 4.42 Å². The fraction of sp³-hybridized carbons (Fsp3) is 0.643. The van der Waals surface area contributed by atoms with Crippen LogP contribution in [0.25, 0.3) is 0 Å². The van der Waals surface area contributed by atoms with Crippen molar-refractivity contribution in [2.24, 2.45) is 5.41 Å². The quantitative estimate of drug-likeness (QED) is 0.849. The van der Waals surface area contributed by atoms with E-state index in [1.807, 2.05) is 13.0 Å². The minimum atomic E-state index is -0.971. The van der Waals surface area contributed by atoms with Crippen molar-refractivity contribution in [3.05, 3.63) is 24.2 Å². The van der Waals surface area contributed by atoms with E-state index in [1.54, 1.807) is 12.5 Å². The van der Waals surface area contributed by atoms with Crippen molar-refractivity contribution in [2.45, 2.75) is 38.8 Å². The zero-order chi connectivity index (χ0) is 13.9. The molecule has 0 unspecified atom stereocenters.